The lowest BCUT2D eigenvalue weighted by atomic mass is 9.95. The topological polar surface area (TPSA) is 24.9 Å². The summed E-state index contributed by atoms with van der Waals surface area (Å²) in [6.07, 6.45) is 7.07. The summed E-state index contributed by atoms with van der Waals surface area (Å²) in [6, 6.07) is 11.1. The Hall–Kier alpha value is -1.19. The third-order valence-electron chi connectivity index (χ3n) is 3.69. The molecule has 0 bridgehead atoms. The molecule has 0 aliphatic heterocycles. The van der Waals surface area contributed by atoms with E-state index in [2.05, 4.69) is 70.4 Å². The molecular formula is C18H23BrN2. The second kappa shape index (κ2) is 8.30. The summed E-state index contributed by atoms with van der Waals surface area (Å²) in [5.41, 5.74) is 4.07. The van der Waals surface area contributed by atoms with Crippen LogP contribution in [0.4, 0.5) is 0 Å². The molecular weight excluding hydrogens is 324 g/mol. The van der Waals surface area contributed by atoms with Crippen molar-refractivity contribution in [3.05, 3.63) is 63.9 Å². The average Bonchev–Trinajstić information content (AvgIpc) is 2.53. The summed E-state index contributed by atoms with van der Waals surface area (Å²) in [4.78, 5) is 4.26. The number of pyridine rings is 1. The van der Waals surface area contributed by atoms with Crippen LogP contribution >= 0.6 is 15.9 Å². The van der Waals surface area contributed by atoms with Crippen LogP contribution in [0.2, 0.25) is 0 Å². The molecule has 0 aliphatic rings. The van der Waals surface area contributed by atoms with Gasteiger partial charge >= 0.3 is 0 Å². The molecule has 2 nitrogen and oxygen atoms in total. The monoisotopic (exact) mass is 346 g/mol. The molecule has 1 N–H and O–H groups in total. The number of nitrogens with zero attached hydrogens (tertiary/aromatic N) is 1. The molecule has 2 rings (SSSR count). The molecule has 1 atom stereocenters. The molecule has 1 aromatic carbocycles. The fourth-order valence-corrected chi connectivity index (χ4v) is 2.80. The highest BCUT2D eigenvalue weighted by molar-refractivity contribution is 9.10. The normalized spacial score (nSPS) is 12.3. The van der Waals surface area contributed by atoms with E-state index in [0.29, 0.717) is 6.04 Å². The molecule has 0 spiro atoms. The molecule has 0 saturated heterocycles. The Labute approximate surface area is 136 Å². The van der Waals surface area contributed by atoms with Crippen molar-refractivity contribution in [1.82, 2.24) is 10.3 Å². The molecule has 1 heterocycles. The van der Waals surface area contributed by atoms with E-state index in [1.165, 1.54) is 16.7 Å². The van der Waals surface area contributed by atoms with Gasteiger partial charge in [0.25, 0.3) is 0 Å². The largest absolute Gasteiger partial charge is 0.310 e. The zero-order valence-electron chi connectivity index (χ0n) is 12.8. The van der Waals surface area contributed by atoms with E-state index < -0.39 is 0 Å². The maximum atomic E-state index is 4.26. The Bertz CT molecular complexity index is 551. The number of benzene rings is 1. The van der Waals surface area contributed by atoms with Gasteiger partial charge in [-0.05, 0) is 60.7 Å². The maximum Gasteiger partial charge on any atom is 0.0364 e. The lowest BCUT2D eigenvalue weighted by Gasteiger charge is -2.21. The lowest BCUT2D eigenvalue weighted by molar-refractivity contribution is 0.525. The molecule has 1 unspecified atom stereocenters. The van der Waals surface area contributed by atoms with E-state index in [1.807, 2.05) is 12.4 Å². The minimum Gasteiger partial charge on any atom is -0.310 e. The number of halogens is 1. The van der Waals surface area contributed by atoms with Gasteiger partial charge in [-0.1, -0.05) is 41.9 Å². The van der Waals surface area contributed by atoms with Gasteiger partial charge in [0, 0.05) is 22.9 Å². The molecule has 0 saturated carbocycles. The number of hydrogen-bond donors (Lipinski definition) is 1. The summed E-state index contributed by atoms with van der Waals surface area (Å²) in [5, 5.41) is 3.68. The molecule has 0 fully saturated rings. The van der Waals surface area contributed by atoms with Crippen LogP contribution in [0.15, 0.2) is 47.2 Å². The van der Waals surface area contributed by atoms with Crippen LogP contribution in [0.1, 0.15) is 43.0 Å². The first-order valence-electron chi connectivity index (χ1n) is 7.65. The molecule has 0 aliphatic carbocycles. The smallest absolute Gasteiger partial charge is 0.0364 e. The van der Waals surface area contributed by atoms with Crippen LogP contribution < -0.4 is 5.32 Å². The van der Waals surface area contributed by atoms with E-state index >= 15 is 0 Å². The number of aromatic nitrogens is 1. The minimum absolute atomic E-state index is 0.351. The Kier molecular flexibility index (Phi) is 6.40. The third kappa shape index (κ3) is 4.65. The number of nitrogens with one attached hydrogen (secondary N) is 1. The zero-order valence-corrected chi connectivity index (χ0v) is 14.4. The maximum absolute atomic E-state index is 4.26. The first-order chi connectivity index (χ1) is 10.2. The number of rotatable bonds is 7. The first kappa shape index (κ1) is 16.2. The fraction of sp³-hybridized carbons (Fsp3) is 0.389. The van der Waals surface area contributed by atoms with Gasteiger partial charge in [0.15, 0.2) is 0 Å². The van der Waals surface area contributed by atoms with Gasteiger partial charge < -0.3 is 5.32 Å². The van der Waals surface area contributed by atoms with Gasteiger partial charge in [-0.25, -0.2) is 0 Å². The Morgan fingerprint density at radius 1 is 1.14 bits per heavy atom. The van der Waals surface area contributed by atoms with Gasteiger partial charge in [0.2, 0.25) is 0 Å². The molecule has 112 valence electrons. The summed E-state index contributed by atoms with van der Waals surface area (Å²) in [7, 11) is 0. The van der Waals surface area contributed by atoms with Gasteiger partial charge in [-0.2, -0.15) is 0 Å². The van der Waals surface area contributed by atoms with E-state index in [-0.39, 0.29) is 0 Å². The van der Waals surface area contributed by atoms with Gasteiger partial charge in [0.05, 0.1) is 0 Å². The van der Waals surface area contributed by atoms with Crippen molar-refractivity contribution in [3.8, 4) is 0 Å². The van der Waals surface area contributed by atoms with Crippen molar-refractivity contribution in [2.45, 2.75) is 39.2 Å². The highest BCUT2D eigenvalue weighted by atomic mass is 79.9. The highest BCUT2D eigenvalue weighted by Gasteiger charge is 2.14. The van der Waals surface area contributed by atoms with E-state index in [4.69, 9.17) is 0 Å². The van der Waals surface area contributed by atoms with Crippen LogP contribution in [0.5, 0.6) is 0 Å². The highest BCUT2D eigenvalue weighted by Crippen LogP contribution is 2.23. The second-order valence-electron chi connectivity index (χ2n) is 5.27. The van der Waals surface area contributed by atoms with E-state index in [0.717, 1.165) is 30.3 Å². The standard InChI is InChI=1S/C18H23BrN2/c1-3-10-21-18(12-14-5-7-16(19)8-6-14)17-9-11-20-13-15(17)4-2/h5-9,11,13,18,21H,3-4,10,12H2,1-2H3. The predicted octanol–water partition coefficient (Wildman–Crippen LogP) is 4.69. The molecule has 21 heavy (non-hydrogen) atoms. The van der Waals surface area contributed by atoms with Crippen LogP contribution in [0.3, 0.4) is 0 Å². The van der Waals surface area contributed by atoms with Gasteiger partial charge in [0.1, 0.15) is 0 Å². The minimum atomic E-state index is 0.351. The predicted molar refractivity (Wildman–Crippen MR) is 92.5 cm³/mol. The first-order valence-corrected chi connectivity index (χ1v) is 8.44. The van der Waals surface area contributed by atoms with Crippen LogP contribution in [0, 0.1) is 0 Å². The lowest BCUT2D eigenvalue weighted by Crippen LogP contribution is -2.25. The third-order valence-corrected chi connectivity index (χ3v) is 4.22. The molecule has 0 radical (unpaired) electrons. The van der Waals surface area contributed by atoms with Crippen molar-refractivity contribution in [2.75, 3.05) is 6.54 Å². The quantitative estimate of drug-likeness (QED) is 0.786. The zero-order chi connectivity index (χ0) is 15.1. The summed E-state index contributed by atoms with van der Waals surface area (Å²) >= 11 is 3.50. The van der Waals surface area contributed by atoms with Crippen molar-refractivity contribution < 1.29 is 0 Å². The van der Waals surface area contributed by atoms with Crippen LogP contribution in [-0.2, 0) is 12.8 Å². The van der Waals surface area contributed by atoms with Crippen molar-refractivity contribution in [1.29, 1.82) is 0 Å². The molecule has 3 heteroatoms. The van der Waals surface area contributed by atoms with Crippen molar-refractivity contribution in [3.63, 3.8) is 0 Å². The van der Waals surface area contributed by atoms with Gasteiger partial charge in [-0.3, -0.25) is 4.98 Å². The van der Waals surface area contributed by atoms with Crippen LogP contribution in [0.25, 0.3) is 0 Å². The van der Waals surface area contributed by atoms with Crippen molar-refractivity contribution >= 4 is 15.9 Å². The SMILES string of the molecule is CCCNC(Cc1ccc(Br)cc1)c1ccncc1CC. The van der Waals surface area contributed by atoms with E-state index in [9.17, 15) is 0 Å². The Morgan fingerprint density at radius 3 is 2.57 bits per heavy atom. The second-order valence-corrected chi connectivity index (χ2v) is 6.18. The Balaban J connectivity index is 2.23. The summed E-state index contributed by atoms with van der Waals surface area (Å²) < 4.78 is 1.13. The van der Waals surface area contributed by atoms with Crippen molar-refractivity contribution in [2.24, 2.45) is 0 Å². The molecule has 1 aromatic heterocycles. The number of aryl methyl sites for hydroxylation is 1. The molecule has 2 aromatic rings. The number of hydrogen-bond acceptors (Lipinski definition) is 2. The van der Waals surface area contributed by atoms with Gasteiger partial charge in [-0.15, -0.1) is 0 Å². The Morgan fingerprint density at radius 2 is 1.90 bits per heavy atom. The fourth-order valence-electron chi connectivity index (χ4n) is 2.54. The average molecular weight is 347 g/mol. The summed E-state index contributed by atoms with van der Waals surface area (Å²) in [5.74, 6) is 0. The van der Waals surface area contributed by atoms with E-state index in [1.54, 1.807) is 0 Å². The van der Waals surface area contributed by atoms with Crippen LogP contribution in [-0.4, -0.2) is 11.5 Å². The molecule has 0 amide bonds. The summed E-state index contributed by atoms with van der Waals surface area (Å²) in [6.45, 7) is 5.43.